The molecule has 1 aromatic carbocycles. The van der Waals surface area contributed by atoms with E-state index in [1.165, 1.54) is 6.07 Å². The number of para-hydroxylation sites is 1. The second-order valence-electron chi connectivity index (χ2n) is 4.82. The Kier molecular flexibility index (Phi) is 6.84. The molecule has 0 amide bonds. The highest BCUT2D eigenvalue weighted by Crippen LogP contribution is 2.26. The van der Waals surface area contributed by atoms with E-state index in [1.807, 2.05) is 13.8 Å². The van der Waals surface area contributed by atoms with Crippen molar-refractivity contribution in [3.8, 4) is 5.75 Å². The number of halogens is 2. The number of nitrogens with one attached hydrogen (secondary N) is 1. The van der Waals surface area contributed by atoms with Crippen LogP contribution in [0.2, 0.25) is 0 Å². The second-order valence-corrected chi connectivity index (χ2v) is 4.82. The van der Waals surface area contributed by atoms with Crippen molar-refractivity contribution in [2.75, 3.05) is 13.2 Å². The minimum Gasteiger partial charge on any atom is -0.434 e. The maximum Gasteiger partial charge on any atom is 0.387 e. The van der Waals surface area contributed by atoms with Crippen molar-refractivity contribution in [3.63, 3.8) is 0 Å². The maximum atomic E-state index is 12.4. The summed E-state index contributed by atoms with van der Waals surface area (Å²) in [6, 6.07) is 6.26. The summed E-state index contributed by atoms with van der Waals surface area (Å²) in [5, 5.41) is 12.4. The number of hydrogen-bond donors (Lipinski definition) is 3. The van der Waals surface area contributed by atoms with Gasteiger partial charge in [-0.15, -0.1) is 0 Å². The second kappa shape index (κ2) is 8.14. The lowest BCUT2D eigenvalue weighted by Gasteiger charge is -2.27. The normalized spacial score (nSPS) is 15.9. The highest BCUT2D eigenvalue weighted by molar-refractivity contribution is 5.36. The molecule has 3 unspecified atom stereocenters. The monoisotopic (exact) mass is 288 g/mol. The third kappa shape index (κ3) is 4.70. The highest BCUT2D eigenvalue weighted by Gasteiger charge is 2.20. The Morgan fingerprint density at radius 2 is 1.95 bits per heavy atom. The molecule has 0 aliphatic carbocycles. The molecule has 0 aliphatic heterocycles. The molecule has 6 heteroatoms. The van der Waals surface area contributed by atoms with E-state index in [-0.39, 0.29) is 36.9 Å². The van der Waals surface area contributed by atoms with Gasteiger partial charge < -0.3 is 20.9 Å². The first-order valence-corrected chi connectivity index (χ1v) is 6.60. The molecule has 0 bridgehead atoms. The molecule has 0 aliphatic rings. The van der Waals surface area contributed by atoms with Gasteiger partial charge in [0.1, 0.15) is 5.75 Å². The zero-order chi connectivity index (χ0) is 15.1. The van der Waals surface area contributed by atoms with Crippen molar-refractivity contribution in [1.82, 2.24) is 5.32 Å². The van der Waals surface area contributed by atoms with Gasteiger partial charge in [0.15, 0.2) is 0 Å². The molecule has 1 rings (SSSR count). The lowest BCUT2D eigenvalue weighted by Crippen LogP contribution is -2.39. The number of alkyl halides is 2. The molecule has 4 nitrogen and oxygen atoms in total. The van der Waals surface area contributed by atoms with Crippen LogP contribution in [-0.2, 0) is 0 Å². The van der Waals surface area contributed by atoms with E-state index in [1.54, 1.807) is 18.2 Å². The first kappa shape index (κ1) is 16.8. The zero-order valence-corrected chi connectivity index (χ0v) is 11.7. The van der Waals surface area contributed by atoms with Gasteiger partial charge in [0, 0.05) is 30.8 Å². The molecule has 0 fully saturated rings. The minimum atomic E-state index is -2.87. The minimum absolute atomic E-state index is 0.00634. The van der Waals surface area contributed by atoms with Crippen LogP contribution in [-0.4, -0.2) is 30.9 Å². The van der Waals surface area contributed by atoms with Crippen molar-refractivity contribution in [1.29, 1.82) is 0 Å². The number of rotatable bonds is 8. The lowest BCUT2D eigenvalue weighted by molar-refractivity contribution is -0.0507. The topological polar surface area (TPSA) is 67.5 Å². The van der Waals surface area contributed by atoms with Gasteiger partial charge in [-0.25, -0.2) is 0 Å². The zero-order valence-electron chi connectivity index (χ0n) is 11.7. The van der Waals surface area contributed by atoms with E-state index in [0.29, 0.717) is 5.56 Å². The van der Waals surface area contributed by atoms with Crippen LogP contribution in [0.3, 0.4) is 0 Å². The Morgan fingerprint density at radius 3 is 2.50 bits per heavy atom. The van der Waals surface area contributed by atoms with Crippen LogP contribution < -0.4 is 15.8 Å². The van der Waals surface area contributed by atoms with E-state index in [0.717, 1.165) is 0 Å². The number of hydrogen-bond acceptors (Lipinski definition) is 4. The molecule has 0 aromatic heterocycles. The summed E-state index contributed by atoms with van der Waals surface area (Å²) in [6.45, 7) is 1.23. The van der Waals surface area contributed by atoms with E-state index >= 15 is 0 Å². The van der Waals surface area contributed by atoms with Crippen LogP contribution in [0.1, 0.15) is 25.5 Å². The molecule has 3 atom stereocenters. The van der Waals surface area contributed by atoms with Crippen molar-refractivity contribution in [3.05, 3.63) is 29.8 Å². The predicted octanol–water partition coefficient (Wildman–Crippen LogP) is 1.89. The number of aliphatic hydroxyl groups excluding tert-OH is 1. The molecule has 0 saturated heterocycles. The maximum absolute atomic E-state index is 12.4. The first-order valence-electron chi connectivity index (χ1n) is 6.60. The largest absolute Gasteiger partial charge is 0.434 e. The van der Waals surface area contributed by atoms with Gasteiger partial charge in [-0.1, -0.05) is 25.1 Å². The van der Waals surface area contributed by atoms with E-state index in [4.69, 9.17) is 10.8 Å². The van der Waals surface area contributed by atoms with Gasteiger partial charge in [-0.2, -0.15) is 8.78 Å². The molecule has 114 valence electrons. The number of ether oxygens (including phenoxy) is 1. The average Bonchev–Trinajstić information content (AvgIpc) is 2.43. The smallest absolute Gasteiger partial charge is 0.387 e. The standard InChI is InChI=1S/C14H22F2N2O2/c1-9(8-19)10(2)18-12(7-17)11-5-3-4-6-13(11)20-14(15)16/h3-6,9-10,12,14,18-19H,7-8,17H2,1-2H3. The molecular formula is C14H22F2N2O2. The number of nitrogens with two attached hydrogens (primary N) is 1. The molecule has 0 radical (unpaired) electrons. The predicted molar refractivity (Wildman–Crippen MR) is 73.7 cm³/mol. The summed E-state index contributed by atoms with van der Waals surface area (Å²) in [7, 11) is 0. The summed E-state index contributed by atoms with van der Waals surface area (Å²) in [4.78, 5) is 0. The fourth-order valence-electron chi connectivity index (χ4n) is 1.90. The summed E-state index contributed by atoms with van der Waals surface area (Å²) in [5.41, 5.74) is 6.32. The first-order chi connectivity index (χ1) is 9.49. The summed E-state index contributed by atoms with van der Waals surface area (Å²) >= 11 is 0. The van der Waals surface area contributed by atoms with Gasteiger partial charge in [0.25, 0.3) is 0 Å². The fourth-order valence-corrected chi connectivity index (χ4v) is 1.90. The van der Waals surface area contributed by atoms with Crippen LogP contribution in [0.5, 0.6) is 5.75 Å². The van der Waals surface area contributed by atoms with Gasteiger partial charge in [-0.3, -0.25) is 0 Å². The number of aliphatic hydroxyl groups is 1. The van der Waals surface area contributed by atoms with Crippen molar-refractivity contribution >= 4 is 0 Å². The van der Waals surface area contributed by atoms with Crippen LogP contribution in [0, 0.1) is 5.92 Å². The van der Waals surface area contributed by atoms with Crippen LogP contribution in [0.15, 0.2) is 24.3 Å². The molecule has 0 spiro atoms. The number of benzene rings is 1. The van der Waals surface area contributed by atoms with Crippen molar-refractivity contribution in [2.45, 2.75) is 32.5 Å². The van der Waals surface area contributed by atoms with E-state index in [9.17, 15) is 8.78 Å². The average molecular weight is 288 g/mol. The molecule has 4 N–H and O–H groups in total. The molecule has 1 aromatic rings. The third-order valence-electron chi connectivity index (χ3n) is 3.35. The Morgan fingerprint density at radius 1 is 1.30 bits per heavy atom. The Balaban J connectivity index is 2.89. The highest BCUT2D eigenvalue weighted by atomic mass is 19.3. The summed E-state index contributed by atoms with van der Waals surface area (Å²) in [5.74, 6) is 0.154. The third-order valence-corrected chi connectivity index (χ3v) is 3.35. The summed E-state index contributed by atoms with van der Waals surface area (Å²) in [6.07, 6.45) is 0. The molecule has 0 saturated carbocycles. The van der Waals surface area contributed by atoms with Crippen LogP contribution in [0.25, 0.3) is 0 Å². The van der Waals surface area contributed by atoms with Gasteiger partial charge >= 0.3 is 6.61 Å². The van der Waals surface area contributed by atoms with Crippen molar-refractivity contribution < 1.29 is 18.6 Å². The van der Waals surface area contributed by atoms with Gasteiger partial charge in [0.2, 0.25) is 0 Å². The van der Waals surface area contributed by atoms with Gasteiger partial charge in [-0.05, 0) is 18.9 Å². The van der Waals surface area contributed by atoms with Crippen LogP contribution >= 0.6 is 0 Å². The quantitative estimate of drug-likeness (QED) is 0.683. The molecule has 20 heavy (non-hydrogen) atoms. The molecular weight excluding hydrogens is 266 g/mol. The van der Waals surface area contributed by atoms with E-state index < -0.39 is 6.61 Å². The summed E-state index contributed by atoms with van der Waals surface area (Å²) < 4.78 is 29.3. The molecule has 0 heterocycles. The lowest BCUT2D eigenvalue weighted by atomic mass is 10.0. The van der Waals surface area contributed by atoms with Crippen LogP contribution in [0.4, 0.5) is 8.78 Å². The Labute approximate surface area is 117 Å². The van der Waals surface area contributed by atoms with Gasteiger partial charge in [0.05, 0.1) is 0 Å². The Hall–Kier alpha value is -1.24. The van der Waals surface area contributed by atoms with E-state index in [2.05, 4.69) is 10.1 Å². The Bertz CT molecular complexity index is 405. The fraction of sp³-hybridized carbons (Fsp3) is 0.571. The van der Waals surface area contributed by atoms with Crippen molar-refractivity contribution in [2.24, 2.45) is 11.7 Å². The SMILES string of the molecule is CC(CO)C(C)NC(CN)c1ccccc1OC(F)F.